The fourth-order valence-corrected chi connectivity index (χ4v) is 3.41. The van der Waals surface area contributed by atoms with Gasteiger partial charge in [0.2, 0.25) is 0 Å². The number of benzene rings is 2. The first-order chi connectivity index (χ1) is 14.4. The Morgan fingerprint density at radius 3 is 2.30 bits per heavy atom. The van der Waals surface area contributed by atoms with E-state index in [1.54, 1.807) is 23.0 Å². The number of halogens is 1. The molecule has 6 nitrogen and oxygen atoms in total. The number of anilines is 1. The van der Waals surface area contributed by atoms with E-state index in [0.717, 1.165) is 40.7 Å². The lowest BCUT2D eigenvalue weighted by molar-refractivity contribution is 0.102. The molecular weight excluding hydrogens is 398 g/mol. The third-order valence-corrected chi connectivity index (χ3v) is 5.61. The molecule has 0 spiro atoms. The van der Waals surface area contributed by atoms with Gasteiger partial charge in [-0.05, 0) is 62.7 Å². The summed E-state index contributed by atoms with van der Waals surface area (Å²) in [5, 5.41) is 8.03. The Kier molecular flexibility index (Phi) is 5.42. The second-order valence-electron chi connectivity index (χ2n) is 7.20. The predicted molar refractivity (Wildman–Crippen MR) is 119 cm³/mol. The van der Waals surface area contributed by atoms with Crippen LogP contribution in [0.3, 0.4) is 0 Å². The van der Waals surface area contributed by atoms with Gasteiger partial charge in [-0.15, -0.1) is 0 Å². The van der Waals surface area contributed by atoms with Crippen LogP contribution >= 0.6 is 11.6 Å². The van der Waals surface area contributed by atoms with E-state index in [1.807, 2.05) is 63.4 Å². The van der Waals surface area contributed by atoms with Gasteiger partial charge in [-0.2, -0.15) is 5.10 Å². The van der Waals surface area contributed by atoms with Crippen LogP contribution in [0.15, 0.2) is 60.9 Å². The zero-order valence-electron chi connectivity index (χ0n) is 17.1. The first-order valence-electron chi connectivity index (χ1n) is 9.62. The summed E-state index contributed by atoms with van der Waals surface area (Å²) >= 11 is 6.23. The summed E-state index contributed by atoms with van der Waals surface area (Å²) in [6, 6.07) is 15.1. The molecule has 0 bridgehead atoms. The monoisotopic (exact) mass is 419 g/mol. The molecule has 0 saturated heterocycles. The van der Waals surface area contributed by atoms with Crippen molar-refractivity contribution in [3.05, 3.63) is 94.3 Å². The van der Waals surface area contributed by atoms with Gasteiger partial charge in [0.25, 0.3) is 5.91 Å². The largest absolute Gasteiger partial charge is 0.331 e. The SMILES string of the molecule is Cc1nn(-c2ccc(C(=O)Nc3ccc(Cn4ccnc4C)cc3)cc2)c(C)c1Cl. The van der Waals surface area contributed by atoms with Crippen molar-refractivity contribution in [2.24, 2.45) is 0 Å². The van der Waals surface area contributed by atoms with Crippen molar-refractivity contribution in [3.63, 3.8) is 0 Å². The normalized spacial score (nSPS) is 10.9. The summed E-state index contributed by atoms with van der Waals surface area (Å²) in [6.07, 6.45) is 3.74. The van der Waals surface area contributed by atoms with Crippen molar-refractivity contribution in [1.29, 1.82) is 0 Å². The maximum atomic E-state index is 12.6. The van der Waals surface area contributed by atoms with Gasteiger partial charge in [-0.25, -0.2) is 9.67 Å². The van der Waals surface area contributed by atoms with Crippen molar-refractivity contribution in [2.75, 3.05) is 5.32 Å². The highest BCUT2D eigenvalue weighted by molar-refractivity contribution is 6.31. The second kappa shape index (κ2) is 8.16. The van der Waals surface area contributed by atoms with Crippen LogP contribution in [0.1, 0.15) is 33.1 Å². The van der Waals surface area contributed by atoms with Gasteiger partial charge in [-0.1, -0.05) is 23.7 Å². The molecule has 0 aliphatic rings. The van der Waals surface area contributed by atoms with E-state index in [-0.39, 0.29) is 5.91 Å². The molecular formula is C23H22ClN5O. The molecule has 0 unspecified atom stereocenters. The second-order valence-corrected chi connectivity index (χ2v) is 7.57. The fourth-order valence-electron chi connectivity index (χ4n) is 3.29. The Labute approximate surface area is 180 Å². The number of imidazole rings is 1. The third kappa shape index (κ3) is 4.00. The topological polar surface area (TPSA) is 64.7 Å². The minimum absolute atomic E-state index is 0.161. The summed E-state index contributed by atoms with van der Waals surface area (Å²) in [5.41, 5.74) is 4.98. The zero-order valence-corrected chi connectivity index (χ0v) is 17.8. The number of carbonyl (C=O) groups is 1. The van der Waals surface area contributed by atoms with Crippen LogP contribution in [-0.4, -0.2) is 25.2 Å². The number of amides is 1. The number of rotatable bonds is 5. The van der Waals surface area contributed by atoms with Crippen LogP contribution in [-0.2, 0) is 6.54 Å². The fraction of sp³-hybridized carbons (Fsp3) is 0.174. The zero-order chi connectivity index (χ0) is 21.3. The number of nitrogens with zero attached hydrogens (tertiary/aromatic N) is 4. The van der Waals surface area contributed by atoms with Crippen LogP contribution < -0.4 is 5.32 Å². The van der Waals surface area contributed by atoms with E-state index >= 15 is 0 Å². The van der Waals surface area contributed by atoms with Crippen LogP contribution in [0.5, 0.6) is 0 Å². The van der Waals surface area contributed by atoms with Gasteiger partial charge < -0.3 is 9.88 Å². The summed E-state index contributed by atoms with van der Waals surface area (Å²) in [6.45, 7) is 6.51. The number of hydrogen-bond acceptors (Lipinski definition) is 3. The summed E-state index contributed by atoms with van der Waals surface area (Å²) < 4.78 is 3.85. The Morgan fingerprint density at radius 2 is 1.73 bits per heavy atom. The summed E-state index contributed by atoms with van der Waals surface area (Å²) in [5.74, 6) is 0.810. The molecule has 2 aromatic heterocycles. The lowest BCUT2D eigenvalue weighted by Gasteiger charge is -2.09. The number of aryl methyl sites for hydroxylation is 2. The average Bonchev–Trinajstić information content (AvgIpc) is 3.27. The van der Waals surface area contributed by atoms with E-state index < -0.39 is 0 Å². The van der Waals surface area contributed by atoms with Gasteiger partial charge >= 0.3 is 0 Å². The highest BCUT2D eigenvalue weighted by atomic mass is 35.5. The lowest BCUT2D eigenvalue weighted by atomic mass is 10.1. The van der Waals surface area contributed by atoms with Crippen LogP contribution in [0.4, 0.5) is 5.69 Å². The molecule has 0 aliphatic heterocycles. The van der Waals surface area contributed by atoms with Gasteiger partial charge in [-0.3, -0.25) is 4.79 Å². The number of hydrogen-bond donors (Lipinski definition) is 1. The molecule has 152 valence electrons. The average molecular weight is 420 g/mol. The first kappa shape index (κ1) is 19.9. The minimum Gasteiger partial charge on any atom is -0.331 e. The van der Waals surface area contributed by atoms with Crippen molar-refractivity contribution >= 4 is 23.2 Å². The predicted octanol–water partition coefficient (Wildman–Crippen LogP) is 4.95. The molecule has 2 heterocycles. The van der Waals surface area contributed by atoms with Crippen molar-refractivity contribution in [3.8, 4) is 5.69 Å². The van der Waals surface area contributed by atoms with E-state index in [9.17, 15) is 4.79 Å². The highest BCUT2D eigenvalue weighted by Crippen LogP contribution is 2.22. The van der Waals surface area contributed by atoms with E-state index in [4.69, 9.17) is 11.6 Å². The molecule has 0 atom stereocenters. The first-order valence-corrected chi connectivity index (χ1v) is 10.0. The Morgan fingerprint density at radius 1 is 1.03 bits per heavy atom. The van der Waals surface area contributed by atoms with Gasteiger partial charge in [0.1, 0.15) is 5.82 Å². The smallest absolute Gasteiger partial charge is 0.255 e. The van der Waals surface area contributed by atoms with Crippen LogP contribution in [0.2, 0.25) is 5.02 Å². The minimum atomic E-state index is -0.161. The molecule has 7 heteroatoms. The molecule has 1 amide bonds. The van der Waals surface area contributed by atoms with Gasteiger partial charge in [0.05, 0.1) is 22.1 Å². The Balaban J connectivity index is 1.43. The maximum absolute atomic E-state index is 12.6. The molecule has 2 aromatic carbocycles. The van der Waals surface area contributed by atoms with Crippen molar-refractivity contribution in [1.82, 2.24) is 19.3 Å². The molecule has 0 saturated carbocycles. The Bertz CT molecular complexity index is 1190. The maximum Gasteiger partial charge on any atom is 0.255 e. The van der Waals surface area contributed by atoms with Crippen molar-refractivity contribution < 1.29 is 4.79 Å². The van der Waals surface area contributed by atoms with Gasteiger partial charge in [0, 0.05) is 30.2 Å². The van der Waals surface area contributed by atoms with Crippen molar-refractivity contribution in [2.45, 2.75) is 27.3 Å². The Hall–Kier alpha value is -3.38. The summed E-state index contributed by atoms with van der Waals surface area (Å²) in [4.78, 5) is 16.8. The number of carbonyl (C=O) groups excluding carboxylic acids is 1. The molecule has 4 aromatic rings. The van der Waals surface area contributed by atoms with E-state index in [0.29, 0.717) is 10.6 Å². The van der Waals surface area contributed by atoms with E-state index in [2.05, 4.69) is 20.0 Å². The quantitative estimate of drug-likeness (QED) is 0.497. The number of aromatic nitrogens is 4. The molecule has 0 radical (unpaired) electrons. The standard InChI is InChI=1S/C23H22ClN5O/c1-15-22(24)16(2)29(27-15)21-10-6-19(7-11-21)23(30)26-20-8-4-18(5-9-20)14-28-13-12-25-17(28)3/h4-13H,14H2,1-3H3,(H,26,30). The molecule has 0 aliphatic carbocycles. The highest BCUT2D eigenvalue weighted by Gasteiger charge is 2.12. The lowest BCUT2D eigenvalue weighted by Crippen LogP contribution is -2.12. The molecule has 30 heavy (non-hydrogen) atoms. The third-order valence-electron chi connectivity index (χ3n) is 5.07. The van der Waals surface area contributed by atoms with Gasteiger partial charge in [0.15, 0.2) is 0 Å². The summed E-state index contributed by atoms with van der Waals surface area (Å²) in [7, 11) is 0. The molecule has 0 fully saturated rings. The van der Waals surface area contributed by atoms with E-state index in [1.165, 1.54) is 0 Å². The number of nitrogens with one attached hydrogen (secondary N) is 1. The molecule has 1 N–H and O–H groups in total. The van der Waals surface area contributed by atoms with Crippen LogP contribution in [0, 0.1) is 20.8 Å². The molecule has 4 rings (SSSR count). The van der Waals surface area contributed by atoms with Crippen LogP contribution in [0.25, 0.3) is 5.69 Å².